The van der Waals surface area contributed by atoms with E-state index in [-0.39, 0.29) is 0 Å². The Morgan fingerprint density at radius 1 is 0.833 bits per heavy atom. The van der Waals surface area contributed by atoms with Crippen LogP contribution in [0.5, 0.6) is 0 Å². The van der Waals surface area contributed by atoms with Crippen LogP contribution in [0.1, 0.15) is 24.0 Å². The summed E-state index contributed by atoms with van der Waals surface area (Å²) < 4.78 is 0. The van der Waals surface area contributed by atoms with Gasteiger partial charge in [-0.2, -0.15) is 0 Å². The van der Waals surface area contributed by atoms with Crippen molar-refractivity contribution >= 4 is 0 Å². The van der Waals surface area contributed by atoms with Crippen LogP contribution in [0.15, 0.2) is 60.7 Å². The minimum atomic E-state index is 0.458. The second-order valence-corrected chi connectivity index (χ2v) is 4.83. The van der Waals surface area contributed by atoms with Crippen molar-refractivity contribution in [1.29, 1.82) is 0 Å². The molecule has 0 aliphatic carbocycles. The zero-order valence-electron chi connectivity index (χ0n) is 11.1. The van der Waals surface area contributed by atoms with Crippen LogP contribution in [-0.2, 0) is 0 Å². The van der Waals surface area contributed by atoms with Gasteiger partial charge in [-0.25, -0.2) is 0 Å². The summed E-state index contributed by atoms with van der Waals surface area (Å²) in [6.45, 7) is 3.33. The molecule has 94 valence electrons. The first-order valence-electron chi connectivity index (χ1n) is 6.57. The van der Waals surface area contributed by atoms with Crippen LogP contribution in [0.25, 0.3) is 0 Å². The van der Waals surface area contributed by atoms with Crippen molar-refractivity contribution in [2.75, 3.05) is 13.6 Å². The molecule has 0 aromatic heterocycles. The fraction of sp³-hybridized carbons (Fsp3) is 0.294. The van der Waals surface area contributed by atoms with E-state index in [1.165, 1.54) is 11.1 Å². The highest BCUT2D eigenvalue weighted by molar-refractivity contribution is 5.33. The molecule has 0 spiro atoms. The van der Waals surface area contributed by atoms with E-state index in [2.05, 4.69) is 72.9 Å². The molecule has 1 heteroatoms. The van der Waals surface area contributed by atoms with E-state index >= 15 is 0 Å². The van der Waals surface area contributed by atoms with Crippen molar-refractivity contribution in [3.8, 4) is 0 Å². The average molecular weight is 239 g/mol. The predicted molar refractivity (Wildman–Crippen MR) is 77.8 cm³/mol. The van der Waals surface area contributed by atoms with E-state index in [9.17, 15) is 0 Å². The smallest absolute Gasteiger partial charge is 0.0127 e. The summed E-state index contributed by atoms with van der Waals surface area (Å²) in [4.78, 5) is 0. The SMILES string of the molecule is CNCC(C)C(c1ccccc1)c1ccccc1. The highest BCUT2D eigenvalue weighted by Gasteiger charge is 2.20. The van der Waals surface area contributed by atoms with Crippen LogP contribution in [0.3, 0.4) is 0 Å². The van der Waals surface area contributed by atoms with E-state index in [1.54, 1.807) is 0 Å². The largest absolute Gasteiger partial charge is 0.319 e. The molecule has 0 heterocycles. The van der Waals surface area contributed by atoms with Crippen LogP contribution < -0.4 is 5.32 Å². The van der Waals surface area contributed by atoms with Gasteiger partial charge in [0, 0.05) is 5.92 Å². The van der Waals surface area contributed by atoms with Gasteiger partial charge >= 0.3 is 0 Å². The van der Waals surface area contributed by atoms with Gasteiger partial charge in [0.2, 0.25) is 0 Å². The summed E-state index contributed by atoms with van der Waals surface area (Å²) in [5, 5.41) is 3.29. The lowest BCUT2D eigenvalue weighted by Crippen LogP contribution is -2.23. The van der Waals surface area contributed by atoms with Gasteiger partial charge in [-0.05, 0) is 30.6 Å². The molecule has 18 heavy (non-hydrogen) atoms. The molecule has 0 aliphatic rings. The Balaban J connectivity index is 2.35. The first kappa shape index (κ1) is 12.8. The molecule has 1 atom stereocenters. The highest BCUT2D eigenvalue weighted by atomic mass is 14.8. The van der Waals surface area contributed by atoms with Crippen molar-refractivity contribution in [2.45, 2.75) is 12.8 Å². The molecule has 0 saturated carbocycles. The summed E-state index contributed by atoms with van der Waals surface area (Å²) in [5.41, 5.74) is 2.79. The fourth-order valence-electron chi connectivity index (χ4n) is 2.61. The van der Waals surface area contributed by atoms with E-state index in [0.29, 0.717) is 11.8 Å². The molecule has 0 aliphatic heterocycles. The van der Waals surface area contributed by atoms with Crippen molar-refractivity contribution in [1.82, 2.24) is 5.32 Å². The van der Waals surface area contributed by atoms with Gasteiger partial charge < -0.3 is 5.32 Å². The Bertz CT molecular complexity index is 410. The summed E-state index contributed by atoms with van der Waals surface area (Å²) >= 11 is 0. The summed E-state index contributed by atoms with van der Waals surface area (Å²) in [6, 6.07) is 21.5. The Kier molecular flexibility index (Phi) is 4.54. The summed E-state index contributed by atoms with van der Waals surface area (Å²) in [7, 11) is 2.02. The maximum atomic E-state index is 3.29. The molecule has 1 unspecified atom stereocenters. The van der Waals surface area contributed by atoms with Crippen LogP contribution in [-0.4, -0.2) is 13.6 Å². The molecule has 1 N–H and O–H groups in total. The Morgan fingerprint density at radius 3 is 1.67 bits per heavy atom. The van der Waals surface area contributed by atoms with Gasteiger partial charge in [0.15, 0.2) is 0 Å². The quantitative estimate of drug-likeness (QED) is 0.839. The van der Waals surface area contributed by atoms with E-state index in [0.717, 1.165) is 6.54 Å². The van der Waals surface area contributed by atoms with E-state index in [4.69, 9.17) is 0 Å². The second-order valence-electron chi connectivity index (χ2n) is 4.83. The van der Waals surface area contributed by atoms with Crippen LogP contribution in [0.2, 0.25) is 0 Å². The summed E-state index contributed by atoms with van der Waals surface area (Å²) in [6.07, 6.45) is 0. The minimum Gasteiger partial charge on any atom is -0.319 e. The number of nitrogens with one attached hydrogen (secondary N) is 1. The molecule has 0 saturated heterocycles. The zero-order valence-corrected chi connectivity index (χ0v) is 11.1. The zero-order chi connectivity index (χ0) is 12.8. The van der Waals surface area contributed by atoms with Crippen LogP contribution in [0.4, 0.5) is 0 Å². The van der Waals surface area contributed by atoms with Gasteiger partial charge in [-0.1, -0.05) is 67.6 Å². The van der Waals surface area contributed by atoms with Gasteiger partial charge in [0.05, 0.1) is 0 Å². The van der Waals surface area contributed by atoms with Gasteiger partial charge in [0.25, 0.3) is 0 Å². The second kappa shape index (κ2) is 6.36. The van der Waals surface area contributed by atoms with Crippen molar-refractivity contribution < 1.29 is 0 Å². The monoisotopic (exact) mass is 239 g/mol. The third-order valence-corrected chi connectivity index (χ3v) is 3.41. The van der Waals surface area contributed by atoms with Gasteiger partial charge in [0.1, 0.15) is 0 Å². The maximum absolute atomic E-state index is 3.29. The van der Waals surface area contributed by atoms with Gasteiger partial charge in [-0.3, -0.25) is 0 Å². The number of hydrogen-bond acceptors (Lipinski definition) is 1. The van der Waals surface area contributed by atoms with Crippen LogP contribution in [0, 0.1) is 5.92 Å². The first-order chi connectivity index (χ1) is 8.83. The number of benzene rings is 2. The number of rotatable bonds is 5. The Labute approximate surface area is 110 Å². The van der Waals surface area contributed by atoms with Gasteiger partial charge in [-0.15, -0.1) is 0 Å². The third-order valence-electron chi connectivity index (χ3n) is 3.41. The maximum Gasteiger partial charge on any atom is 0.0127 e. The van der Waals surface area contributed by atoms with Crippen LogP contribution >= 0.6 is 0 Å². The van der Waals surface area contributed by atoms with E-state index in [1.807, 2.05) is 7.05 Å². The topological polar surface area (TPSA) is 12.0 Å². The lowest BCUT2D eigenvalue weighted by Gasteiger charge is -2.25. The Hall–Kier alpha value is -1.60. The molecule has 2 aromatic carbocycles. The molecule has 0 amide bonds. The minimum absolute atomic E-state index is 0.458. The molecular formula is C17H21N. The lowest BCUT2D eigenvalue weighted by molar-refractivity contribution is 0.487. The standard InChI is InChI=1S/C17H21N/c1-14(13-18-2)17(15-9-5-3-6-10-15)16-11-7-4-8-12-16/h3-12,14,17-18H,13H2,1-2H3. The Morgan fingerprint density at radius 2 is 1.28 bits per heavy atom. The molecule has 0 bridgehead atoms. The fourth-order valence-corrected chi connectivity index (χ4v) is 2.61. The molecule has 2 rings (SSSR count). The molecular weight excluding hydrogens is 218 g/mol. The average Bonchev–Trinajstić information content (AvgIpc) is 2.42. The highest BCUT2D eigenvalue weighted by Crippen LogP contribution is 2.31. The number of hydrogen-bond donors (Lipinski definition) is 1. The van der Waals surface area contributed by atoms with Crippen molar-refractivity contribution in [3.05, 3.63) is 71.8 Å². The van der Waals surface area contributed by atoms with Crippen molar-refractivity contribution in [3.63, 3.8) is 0 Å². The van der Waals surface area contributed by atoms with Crippen molar-refractivity contribution in [2.24, 2.45) is 5.92 Å². The predicted octanol–water partition coefficient (Wildman–Crippen LogP) is 3.67. The molecule has 1 nitrogen and oxygen atoms in total. The lowest BCUT2D eigenvalue weighted by atomic mass is 9.81. The molecule has 0 radical (unpaired) electrons. The normalized spacial score (nSPS) is 12.6. The molecule has 2 aromatic rings. The van der Waals surface area contributed by atoms with E-state index < -0.39 is 0 Å². The first-order valence-corrected chi connectivity index (χ1v) is 6.57. The summed E-state index contributed by atoms with van der Waals surface area (Å²) in [5.74, 6) is 1.03. The molecule has 0 fully saturated rings. The third kappa shape index (κ3) is 2.99.